The molecule has 7 heteroatoms. The van der Waals surface area contributed by atoms with Gasteiger partial charge in [0.2, 0.25) is 5.91 Å². The van der Waals surface area contributed by atoms with Crippen molar-refractivity contribution in [3.8, 4) is 11.1 Å². The molecule has 1 aliphatic heterocycles. The number of oxime groups is 1. The fourth-order valence-corrected chi connectivity index (χ4v) is 4.06. The summed E-state index contributed by atoms with van der Waals surface area (Å²) < 4.78 is 0. The van der Waals surface area contributed by atoms with Gasteiger partial charge < -0.3 is 20.2 Å². The molecule has 1 heterocycles. The van der Waals surface area contributed by atoms with Crippen LogP contribution in [0.1, 0.15) is 28.4 Å². The van der Waals surface area contributed by atoms with Crippen LogP contribution in [0.25, 0.3) is 11.1 Å². The molecular weight excluding hydrogens is 430 g/mol. The van der Waals surface area contributed by atoms with E-state index in [9.17, 15) is 14.7 Å². The van der Waals surface area contributed by atoms with Gasteiger partial charge in [-0.25, -0.2) is 0 Å². The van der Waals surface area contributed by atoms with Gasteiger partial charge in [-0.15, -0.1) is 0 Å². The van der Waals surface area contributed by atoms with E-state index in [1.54, 1.807) is 24.3 Å². The lowest BCUT2D eigenvalue weighted by Gasteiger charge is -2.24. The fourth-order valence-electron chi connectivity index (χ4n) is 4.06. The average molecular weight is 458 g/mol. The van der Waals surface area contributed by atoms with E-state index in [1.165, 1.54) is 12.0 Å². The Bertz CT molecular complexity index is 1150. The molecule has 1 aliphatic rings. The van der Waals surface area contributed by atoms with E-state index in [0.29, 0.717) is 16.8 Å². The quantitative estimate of drug-likeness (QED) is 0.532. The van der Waals surface area contributed by atoms with Crippen LogP contribution in [0.4, 0.5) is 0 Å². The monoisotopic (exact) mass is 457 g/mol. The van der Waals surface area contributed by atoms with Gasteiger partial charge in [-0.05, 0) is 28.8 Å². The van der Waals surface area contributed by atoms with Crippen LogP contribution in [0.5, 0.6) is 0 Å². The molecule has 3 aromatic carbocycles. The highest BCUT2D eigenvalue weighted by molar-refractivity contribution is 6.05. The van der Waals surface area contributed by atoms with Crippen molar-refractivity contribution in [3.63, 3.8) is 0 Å². The zero-order valence-electron chi connectivity index (χ0n) is 18.9. The van der Waals surface area contributed by atoms with E-state index in [4.69, 9.17) is 4.84 Å². The number of benzene rings is 3. The third-order valence-corrected chi connectivity index (χ3v) is 5.83. The van der Waals surface area contributed by atoms with Gasteiger partial charge in [-0.3, -0.25) is 9.59 Å². The molecule has 2 amide bonds. The SMILES string of the molecule is CON=C1C[C@@H](C(=O)NCC(O)c2ccccc2)N(C(=O)c2ccc(-c3ccccc3)cc2)C1. The van der Waals surface area contributed by atoms with Crippen LogP contribution in [-0.4, -0.2) is 53.8 Å². The number of nitrogens with zero attached hydrogens (tertiary/aromatic N) is 2. The summed E-state index contributed by atoms with van der Waals surface area (Å²) in [5.74, 6) is -0.602. The maximum atomic E-state index is 13.3. The van der Waals surface area contributed by atoms with Crippen molar-refractivity contribution in [2.75, 3.05) is 20.2 Å². The molecule has 1 saturated heterocycles. The smallest absolute Gasteiger partial charge is 0.254 e. The Morgan fingerprint density at radius 1 is 1.00 bits per heavy atom. The zero-order valence-corrected chi connectivity index (χ0v) is 18.9. The maximum Gasteiger partial charge on any atom is 0.254 e. The first-order chi connectivity index (χ1) is 16.6. The van der Waals surface area contributed by atoms with Crippen LogP contribution in [0.2, 0.25) is 0 Å². The number of aliphatic hydroxyl groups is 1. The Kier molecular flexibility index (Phi) is 7.34. The van der Waals surface area contributed by atoms with Crippen LogP contribution in [0.15, 0.2) is 90.1 Å². The first kappa shape index (κ1) is 23.2. The van der Waals surface area contributed by atoms with Gasteiger partial charge >= 0.3 is 0 Å². The van der Waals surface area contributed by atoms with Crippen LogP contribution in [0, 0.1) is 0 Å². The number of hydrogen-bond acceptors (Lipinski definition) is 5. The lowest BCUT2D eigenvalue weighted by molar-refractivity contribution is -0.125. The standard InChI is InChI=1S/C27H27N3O4/c1-34-29-23-16-24(26(32)28-17-25(31)21-10-6-3-7-11-21)30(18-23)27(33)22-14-12-20(13-15-22)19-8-4-2-5-9-19/h2-15,24-25,31H,16-18H2,1H3,(H,28,32)/t24-,25?/m0/s1. The Balaban J connectivity index is 1.47. The summed E-state index contributed by atoms with van der Waals surface area (Å²) in [7, 11) is 1.44. The van der Waals surface area contributed by atoms with Crippen molar-refractivity contribution in [1.29, 1.82) is 0 Å². The molecule has 0 aromatic heterocycles. The molecule has 0 bridgehead atoms. The largest absolute Gasteiger partial charge is 0.399 e. The number of likely N-dealkylation sites (tertiary alicyclic amines) is 1. The lowest BCUT2D eigenvalue weighted by atomic mass is 10.0. The Morgan fingerprint density at radius 3 is 2.26 bits per heavy atom. The molecule has 0 aliphatic carbocycles. The van der Waals surface area contributed by atoms with Crippen molar-refractivity contribution < 1.29 is 19.5 Å². The molecule has 34 heavy (non-hydrogen) atoms. The summed E-state index contributed by atoms with van der Waals surface area (Å²) in [6.07, 6.45) is -0.567. The van der Waals surface area contributed by atoms with Crippen molar-refractivity contribution in [2.45, 2.75) is 18.6 Å². The van der Waals surface area contributed by atoms with Crippen LogP contribution >= 0.6 is 0 Å². The van der Waals surface area contributed by atoms with Gasteiger partial charge in [0.15, 0.2) is 0 Å². The van der Waals surface area contributed by atoms with Crippen molar-refractivity contribution in [3.05, 3.63) is 96.1 Å². The Labute approximate surface area is 198 Å². The topological polar surface area (TPSA) is 91.2 Å². The maximum absolute atomic E-state index is 13.3. The summed E-state index contributed by atoms with van der Waals surface area (Å²) >= 11 is 0. The summed E-state index contributed by atoms with van der Waals surface area (Å²) in [4.78, 5) is 32.7. The van der Waals surface area contributed by atoms with Gasteiger partial charge in [0, 0.05) is 18.5 Å². The number of nitrogens with one attached hydrogen (secondary N) is 1. The molecule has 4 rings (SSSR count). The summed E-state index contributed by atoms with van der Waals surface area (Å²) in [6, 6.07) is 25.6. The number of aliphatic hydroxyl groups excluding tert-OH is 1. The minimum Gasteiger partial charge on any atom is -0.399 e. The molecule has 0 saturated carbocycles. The minimum atomic E-state index is -0.839. The summed E-state index contributed by atoms with van der Waals surface area (Å²) in [6.45, 7) is 0.246. The van der Waals surface area contributed by atoms with E-state index in [0.717, 1.165) is 11.1 Å². The van der Waals surface area contributed by atoms with Gasteiger partial charge in [0.25, 0.3) is 5.91 Å². The molecule has 0 radical (unpaired) electrons. The lowest BCUT2D eigenvalue weighted by Crippen LogP contribution is -2.46. The Hall–Kier alpha value is -3.97. The van der Waals surface area contributed by atoms with E-state index in [2.05, 4.69) is 10.5 Å². The summed E-state index contributed by atoms with van der Waals surface area (Å²) in [5, 5.41) is 17.1. The van der Waals surface area contributed by atoms with Crippen LogP contribution in [0.3, 0.4) is 0 Å². The second-order valence-corrected chi connectivity index (χ2v) is 8.11. The van der Waals surface area contributed by atoms with Crippen molar-refractivity contribution >= 4 is 17.5 Å². The molecule has 1 fully saturated rings. The second kappa shape index (κ2) is 10.8. The first-order valence-corrected chi connectivity index (χ1v) is 11.1. The highest BCUT2D eigenvalue weighted by atomic mass is 16.6. The molecule has 2 N–H and O–H groups in total. The molecule has 2 atom stereocenters. The van der Waals surface area contributed by atoms with E-state index in [1.807, 2.05) is 60.7 Å². The van der Waals surface area contributed by atoms with Crippen LogP contribution < -0.4 is 5.32 Å². The van der Waals surface area contributed by atoms with E-state index >= 15 is 0 Å². The van der Waals surface area contributed by atoms with E-state index < -0.39 is 12.1 Å². The third-order valence-electron chi connectivity index (χ3n) is 5.83. The fraction of sp³-hybridized carbons (Fsp3) is 0.222. The highest BCUT2D eigenvalue weighted by Gasteiger charge is 2.38. The number of rotatable bonds is 7. The highest BCUT2D eigenvalue weighted by Crippen LogP contribution is 2.23. The van der Waals surface area contributed by atoms with Gasteiger partial charge in [0.05, 0.1) is 18.4 Å². The van der Waals surface area contributed by atoms with E-state index in [-0.39, 0.29) is 31.3 Å². The molecule has 1 unspecified atom stereocenters. The molecular formula is C27H27N3O4. The Morgan fingerprint density at radius 2 is 1.62 bits per heavy atom. The summed E-state index contributed by atoms with van der Waals surface area (Å²) in [5.41, 5.74) is 3.87. The third kappa shape index (κ3) is 5.32. The average Bonchev–Trinajstić information content (AvgIpc) is 3.32. The van der Waals surface area contributed by atoms with Gasteiger partial charge in [-0.2, -0.15) is 0 Å². The molecule has 174 valence electrons. The van der Waals surface area contributed by atoms with Crippen LogP contribution in [-0.2, 0) is 9.63 Å². The molecule has 7 nitrogen and oxygen atoms in total. The number of carbonyl (C=O) groups is 2. The molecule has 0 spiro atoms. The number of amides is 2. The first-order valence-electron chi connectivity index (χ1n) is 11.1. The predicted molar refractivity (Wildman–Crippen MR) is 130 cm³/mol. The van der Waals surface area contributed by atoms with Crippen molar-refractivity contribution in [2.24, 2.45) is 5.16 Å². The van der Waals surface area contributed by atoms with Gasteiger partial charge in [0.1, 0.15) is 13.2 Å². The number of carbonyl (C=O) groups excluding carboxylic acids is 2. The zero-order chi connectivity index (χ0) is 23.9. The second-order valence-electron chi connectivity index (χ2n) is 8.11. The predicted octanol–water partition coefficient (Wildman–Crippen LogP) is 3.42. The van der Waals surface area contributed by atoms with Crippen molar-refractivity contribution in [1.82, 2.24) is 10.2 Å². The minimum absolute atomic E-state index is 0.0455. The molecule has 3 aromatic rings. The normalized spacial score (nSPS) is 17.4. The number of hydrogen-bond donors (Lipinski definition) is 2. The van der Waals surface area contributed by atoms with Gasteiger partial charge in [-0.1, -0.05) is 78.0 Å².